The van der Waals surface area contributed by atoms with Gasteiger partial charge >= 0.3 is 0 Å². The van der Waals surface area contributed by atoms with Gasteiger partial charge in [-0.25, -0.2) is 9.37 Å². The minimum Gasteiger partial charge on any atom is -0.497 e. The van der Waals surface area contributed by atoms with Crippen LogP contribution in [0.4, 0.5) is 4.39 Å². The first kappa shape index (κ1) is 19.3. The van der Waals surface area contributed by atoms with Crippen LogP contribution in [0.3, 0.4) is 0 Å². The molecule has 3 aromatic rings. The third-order valence-corrected chi connectivity index (χ3v) is 5.55. The number of aromatic amines is 1. The van der Waals surface area contributed by atoms with E-state index < -0.39 is 0 Å². The van der Waals surface area contributed by atoms with Crippen molar-refractivity contribution in [2.24, 2.45) is 0 Å². The van der Waals surface area contributed by atoms with Crippen molar-refractivity contribution < 1.29 is 9.13 Å². The van der Waals surface area contributed by atoms with Crippen LogP contribution in [0.5, 0.6) is 5.75 Å². The highest BCUT2D eigenvalue weighted by Gasteiger charge is 2.36. The number of hydrogen-bond donors (Lipinski definition) is 1. The maximum atomic E-state index is 14.2. The van der Waals surface area contributed by atoms with Gasteiger partial charge in [-0.15, -0.1) is 0 Å². The summed E-state index contributed by atoms with van der Waals surface area (Å²) in [5, 5.41) is 0. The van der Waals surface area contributed by atoms with Crippen LogP contribution < -0.4 is 10.3 Å². The Bertz CT molecular complexity index is 1050. The number of nitrogens with one attached hydrogen (secondary N) is 1. The molecule has 5 nitrogen and oxygen atoms in total. The molecule has 1 saturated heterocycles. The Hall–Kier alpha value is -2.99. The Labute approximate surface area is 169 Å². The number of benzene rings is 2. The molecular weight excluding hydrogens is 369 g/mol. The van der Waals surface area contributed by atoms with E-state index in [4.69, 9.17) is 4.74 Å². The molecule has 0 spiro atoms. The van der Waals surface area contributed by atoms with Gasteiger partial charge in [0.1, 0.15) is 17.4 Å². The second-order valence-electron chi connectivity index (χ2n) is 7.53. The van der Waals surface area contributed by atoms with E-state index in [0.717, 1.165) is 23.6 Å². The molecule has 1 aliphatic heterocycles. The van der Waals surface area contributed by atoms with Crippen molar-refractivity contribution in [3.63, 3.8) is 0 Å². The molecule has 2 heterocycles. The Balaban J connectivity index is 1.66. The zero-order chi connectivity index (χ0) is 20.4. The van der Waals surface area contributed by atoms with E-state index >= 15 is 0 Å². The van der Waals surface area contributed by atoms with Crippen molar-refractivity contribution in [2.75, 3.05) is 20.2 Å². The van der Waals surface area contributed by atoms with E-state index in [1.54, 1.807) is 26.2 Å². The Morgan fingerprint density at radius 3 is 2.55 bits per heavy atom. The number of halogens is 1. The van der Waals surface area contributed by atoms with Gasteiger partial charge in [-0.3, -0.25) is 9.69 Å². The van der Waals surface area contributed by atoms with Crippen molar-refractivity contribution in [2.45, 2.75) is 25.3 Å². The number of nitrogens with zero attached hydrogens (tertiary/aromatic N) is 2. The Kier molecular flexibility index (Phi) is 5.45. The molecule has 2 aromatic carbocycles. The fourth-order valence-electron chi connectivity index (χ4n) is 4.16. The summed E-state index contributed by atoms with van der Waals surface area (Å²) in [6.45, 7) is 3.79. The van der Waals surface area contributed by atoms with Crippen molar-refractivity contribution >= 4 is 0 Å². The third-order valence-electron chi connectivity index (χ3n) is 5.55. The summed E-state index contributed by atoms with van der Waals surface area (Å²) in [5.41, 5.74) is 2.47. The monoisotopic (exact) mass is 393 g/mol. The number of methoxy groups -OCH3 is 1. The first-order valence-corrected chi connectivity index (χ1v) is 9.71. The SMILES string of the molecule is COc1ccc([C@@H]2CN(Cc3ccccc3F)C[C@H]2c2cc(=O)[nH]c(C)n2)cc1. The van der Waals surface area contributed by atoms with Gasteiger partial charge in [0.15, 0.2) is 0 Å². The van der Waals surface area contributed by atoms with Gasteiger partial charge in [0, 0.05) is 43.1 Å². The van der Waals surface area contributed by atoms with Gasteiger partial charge in [-0.05, 0) is 30.7 Å². The minimum atomic E-state index is -0.193. The first-order valence-electron chi connectivity index (χ1n) is 9.71. The summed E-state index contributed by atoms with van der Waals surface area (Å²) in [4.78, 5) is 21.6. The third kappa shape index (κ3) is 4.22. The van der Waals surface area contributed by atoms with Crippen LogP contribution in [0, 0.1) is 12.7 Å². The summed E-state index contributed by atoms with van der Waals surface area (Å²) in [6, 6.07) is 16.5. The second kappa shape index (κ2) is 8.17. The molecular formula is C23H24FN3O2. The number of H-pyrrole nitrogens is 1. The number of rotatable bonds is 5. The Morgan fingerprint density at radius 2 is 1.86 bits per heavy atom. The number of ether oxygens (including phenoxy) is 1. The van der Waals surface area contributed by atoms with E-state index in [1.165, 1.54) is 6.07 Å². The summed E-state index contributed by atoms with van der Waals surface area (Å²) < 4.78 is 19.5. The molecule has 1 aliphatic rings. The molecule has 4 rings (SSSR count). The molecule has 0 saturated carbocycles. The molecule has 2 atom stereocenters. The highest BCUT2D eigenvalue weighted by molar-refractivity contribution is 5.33. The van der Waals surface area contributed by atoms with E-state index in [0.29, 0.717) is 24.5 Å². The van der Waals surface area contributed by atoms with E-state index in [2.05, 4.69) is 27.0 Å². The molecule has 0 aliphatic carbocycles. The van der Waals surface area contributed by atoms with Crippen LogP contribution in [-0.4, -0.2) is 35.1 Å². The lowest BCUT2D eigenvalue weighted by atomic mass is 9.86. The summed E-state index contributed by atoms with van der Waals surface area (Å²) in [6.07, 6.45) is 0. The van der Waals surface area contributed by atoms with E-state index in [-0.39, 0.29) is 23.2 Å². The van der Waals surface area contributed by atoms with Gasteiger partial charge in [0.2, 0.25) is 0 Å². The normalized spacial score (nSPS) is 19.4. The number of likely N-dealkylation sites (tertiary alicyclic amines) is 1. The zero-order valence-electron chi connectivity index (χ0n) is 16.6. The minimum absolute atomic E-state index is 0.0520. The number of hydrogen-bond acceptors (Lipinski definition) is 4. The quantitative estimate of drug-likeness (QED) is 0.720. The molecule has 6 heteroatoms. The van der Waals surface area contributed by atoms with Crippen LogP contribution in [-0.2, 0) is 6.54 Å². The molecule has 0 unspecified atom stereocenters. The average molecular weight is 393 g/mol. The predicted molar refractivity (Wildman–Crippen MR) is 110 cm³/mol. The van der Waals surface area contributed by atoms with Gasteiger partial charge in [0.25, 0.3) is 5.56 Å². The van der Waals surface area contributed by atoms with Crippen molar-refractivity contribution in [1.29, 1.82) is 0 Å². The zero-order valence-corrected chi connectivity index (χ0v) is 16.6. The van der Waals surface area contributed by atoms with Crippen LogP contribution in [0.15, 0.2) is 59.4 Å². The van der Waals surface area contributed by atoms with Gasteiger partial charge in [0.05, 0.1) is 12.8 Å². The second-order valence-corrected chi connectivity index (χ2v) is 7.53. The molecule has 0 bridgehead atoms. The molecule has 1 N–H and O–H groups in total. The fraction of sp³-hybridized carbons (Fsp3) is 0.304. The van der Waals surface area contributed by atoms with Crippen LogP contribution in [0.2, 0.25) is 0 Å². The average Bonchev–Trinajstić information content (AvgIpc) is 3.13. The number of aryl methyl sites for hydroxylation is 1. The van der Waals surface area contributed by atoms with Crippen LogP contribution >= 0.6 is 0 Å². The maximum Gasteiger partial charge on any atom is 0.251 e. The fourth-order valence-corrected chi connectivity index (χ4v) is 4.16. The number of aromatic nitrogens is 2. The largest absolute Gasteiger partial charge is 0.497 e. The lowest BCUT2D eigenvalue weighted by molar-refractivity contribution is 0.317. The molecule has 29 heavy (non-hydrogen) atoms. The van der Waals surface area contributed by atoms with Gasteiger partial charge in [-0.2, -0.15) is 0 Å². The summed E-state index contributed by atoms with van der Waals surface area (Å²) in [5.74, 6) is 1.42. The molecule has 0 radical (unpaired) electrons. The highest BCUT2D eigenvalue weighted by Crippen LogP contribution is 2.39. The van der Waals surface area contributed by atoms with Crippen molar-refractivity contribution in [3.05, 3.63) is 93.4 Å². The topological polar surface area (TPSA) is 58.2 Å². The molecule has 1 aromatic heterocycles. The highest BCUT2D eigenvalue weighted by atomic mass is 19.1. The standard InChI is InChI=1S/C23H24FN3O2/c1-15-25-22(11-23(28)26-15)20-14-27(12-17-5-3-4-6-21(17)24)13-19(20)16-7-9-18(29-2)10-8-16/h3-11,19-20H,12-14H2,1-2H3,(H,25,26,28)/t19-,20+/m0/s1. The van der Waals surface area contributed by atoms with Crippen molar-refractivity contribution in [1.82, 2.24) is 14.9 Å². The molecule has 1 fully saturated rings. The summed E-state index contributed by atoms with van der Waals surface area (Å²) >= 11 is 0. The molecule has 150 valence electrons. The predicted octanol–water partition coefficient (Wildman–Crippen LogP) is 3.61. The summed E-state index contributed by atoms with van der Waals surface area (Å²) in [7, 11) is 1.65. The smallest absolute Gasteiger partial charge is 0.251 e. The van der Waals surface area contributed by atoms with E-state index in [9.17, 15) is 9.18 Å². The van der Waals surface area contributed by atoms with Gasteiger partial charge < -0.3 is 9.72 Å². The maximum absolute atomic E-state index is 14.2. The van der Waals surface area contributed by atoms with Gasteiger partial charge in [-0.1, -0.05) is 30.3 Å². The molecule has 0 amide bonds. The van der Waals surface area contributed by atoms with Crippen LogP contribution in [0.1, 0.15) is 34.5 Å². The van der Waals surface area contributed by atoms with E-state index in [1.807, 2.05) is 24.3 Å². The lowest BCUT2D eigenvalue weighted by Crippen LogP contribution is -2.21. The first-order chi connectivity index (χ1) is 14.0. The van der Waals surface area contributed by atoms with Crippen LogP contribution in [0.25, 0.3) is 0 Å². The Morgan fingerprint density at radius 1 is 1.14 bits per heavy atom. The lowest BCUT2D eigenvalue weighted by Gasteiger charge is -2.19. The van der Waals surface area contributed by atoms with Crippen molar-refractivity contribution in [3.8, 4) is 5.75 Å².